The van der Waals surface area contributed by atoms with E-state index in [0.717, 1.165) is 0 Å². The molecule has 3 heteroatoms. The van der Waals surface area contributed by atoms with Crippen LogP contribution in [0, 0.1) is 0 Å². The van der Waals surface area contributed by atoms with Crippen molar-refractivity contribution in [2.24, 2.45) is 0 Å². The summed E-state index contributed by atoms with van der Waals surface area (Å²) in [4.78, 5) is 0. The zero-order valence-corrected chi connectivity index (χ0v) is 17.4. The number of thiophene rings is 2. The van der Waals surface area contributed by atoms with Gasteiger partial charge < -0.3 is 0 Å². The van der Waals surface area contributed by atoms with Gasteiger partial charge in [-0.3, -0.25) is 0 Å². The number of rotatable bonds is 2. The summed E-state index contributed by atoms with van der Waals surface area (Å²) >= 11 is 2.88. The van der Waals surface area contributed by atoms with Crippen LogP contribution in [0.3, 0.4) is 0 Å². The number of hydrogen-bond acceptors (Lipinski definition) is 2. The molecule has 2 aromatic heterocycles. The van der Waals surface area contributed by atoms with Gasteiger partial charge in [0.1, 0.15) is 0 Å². The Morgan fingerprint density at radius 3 is 1.58 bits per heavy atom. The van der Waals surface area contributed by atoms with Crippen LogP contribution < -0.4 is 4.77 Å². The van der Waals surface area contributed by atoms with Gasteiger partial charge in [-0.2, -0.15) is 0 Å². The Morgan fingerprint density at radius 1 is 0.632 bits per heavy atom. The third-order valence-electron chi connectivity index (χ3n) is 3.30. The number of benzene rings is 2. The van der Waals surface area contributed by atoms with Crippen molar-refractivity contribution < 1.29 is 24.6 Å². The van der Waals surface area contributed by atoms with Crippen LogP contribution in [0.4, 0.5) is 0 Å². The topological polar surface area (TPSA) is 0 Å². The van der Waals surface area contributed by atoms with Crippen LogP contribution in [-0.2, 0) is 24.6 Å². The fourth-order valence-electron chi connectivity index (χ4n) is 2.42. The summed E-state index contributed by atoms with van der Waals surface area (Å²) in [6.45, 7) is 0. The molecule has 0 nitrogen and oxygen atoms in total. The van der Waals surface area contributed by atoms with Crippen molar-refractivity contribution in [1.82, 2.24) is 0 Å². The molecule has 0 radical (unpaired) electrons. The van der Waals surface area contributed by atoms with E-state index in [2.05, 4.69) is 60.7 Å². The predicted molar refractivity (Wildman–Crippen MR) is 82.9 cm³/mol. The van der Waals surface area contributed by atoms with E-state index in [1.165, 1.54) is 20.2 Å². The van der Waals surface area contributed by atoms with Crippen molar-refractivity contribution >= 4 is 47.6 Å². The summed E-state index contributed by atoms with van der Waals surface area (Å²) in [6, 6.07) is 22.3. The molecule has 88 valence electrons. The van der Waals surface area contributed by atoms with Crippen molar-refractivity contribution in [2.75, 3.05) is 0 Å². The molecule has 19 heavy (non-hydrogen) atoms. The Balaban J connectivity index is 1.73. The normalized spacial score (nSPS) is 10.9. The van der Waals surface area contributed by atoms with Gasteiger partial charge in [0.2, 0.25) is 0 Å². The second kappa shape index (κ2) is 5.00. The van der Waals surface area contributed by atoms with Crippen molar-refractivity contribution in [2.45, 2.75) is 0 Å². The molecular weight excluding hydrogens is 457 g/mol. The van der Waals surface area contributed by atoms with E-state index in [9.17, 15) is 0 Å². The standard InChI is InChI=1S/2C8H5S.Hg/c2*1-2-4-8-7(3-1)5-6-9-8;/h2*1-5H;. The van der Waals surface area contributed by atoms with E-state index in [-0.39, 0.29) is 0 Å². The minimum absolute atomic E-state index is 1.14. The Morgan fingerprint density at radius 2 is 1.11 bits per heavy atom. The molecule has 0 fully saturated rings. The maximum atomic E-state index is 2.42. The van der Waals surface area contributed by atoms with Gasteiger partial charge in [-0.15, -0.1) is 0 Å². The predicted octanol–water partition coefficient (Wildman–Crippen LogP) is 4.15. The Bertz CT molecular complexity index is 719. The summed E-state index contributed by atoms with van der Waals surface area (Å²) < 4.78 is 6.23. The maximum absolute atomic E-state index is 2.42. The van der Waals surface area contributed by atoms with Gasteiger partial charge in [0.05, 0.1) is 0 Å². The summed E-state index contributed by atoms with van der Waals surface area (Å²) in [7, 11) is 0. The first-order chi connectivity index (χ1) is 9.38. The average molecular weight is 467 g/mol. The Labute approximate surface area is 132 Å². The van der Waals surface area contributed by atoms with E-state index in [0.29, 0.717) is 0 Å². The average Bonchev–Trinajstić information content (AvgIpc) is 3.00. The molecule has 0 aliphatic rings. The van der Waals surface area contributed by atoms with E-state index in [1.54, 1.807) is 4.77 Å². The monoisotopic (exact) mass is 468 g/mol. The van der Waals surface area contributed by atoms with Crippen LogP contribution >= 0.6 is 22.7 Å². The minimum atomic E-state index is -1.14. The molecule has 0 bridgehead atoms. The second-order valence-electron chi connectivity index (χ2n) is 4.68. The fraction of sp³-hybridized carbons (Fsp3) is 0. The summed E-state index contributed by atoms with van der Waals surface area (Å²) in [5.41, 5.74) is 0. The second-order valence-corrected chi connectivity index (χ2v) is 18.3. The van der Waals surface area contributed by atoms with Crippen LogP contribution in [0.5, 0.6) is 0 Å². The van der Waals surface area contributed by atoms with Gasteiger partial charge in [0.15, 0.2) is 0 Å². The molecule has 0 atom stereocenters. The van der Waals surface area contributed by atoms with Gasteiger partial charge in [0.25, 0.3) is 0 Å². The molecule has 0 aliphatic heterocycles. The molecule has 0 N–H and O–H groups in total. The van der Waals surface area contributed by atoms with Crippen LogP contribution in [0.25, 0.3) is 20.2 Å². The van der Waals surface area contributed by atoms with Crippen LogP contribution in [0.1, 0.15) is 0 Å². The quantitative estimate of drug-likeness (QED) is 0.389. The zero-order chi connectivity index (χ0) is 12.7. The molecule has 0 saturated carbocycles. The van der Waals surface area contributed by atoms with Crippen LogP contribution in [-0.4, -0.2) is 0 Å². The molecule has 0 saturated heterocycles. The molecule has 4 aromatic rings. The van der Waals surface area contributed by atoms with E-state index in [4.69, 9.17) is 0 Å². The number of fused-ring (bicyclic) bond motifs is 2. The van der Waals surface area contributed by atoms with E-state index in [1.807, 2.05) is 22.7 Å². The third-order valence-corrected chi connectivity index (χ3v) is 15.4. The SMILES string of the molecule is c1ccc2s[c]([Hg][c]3cc4ccccc4s3)cc2c1. The van der Waals surface area contributed by atoms with Gasteiger partial charge in [0, 0.05) is 0 Å². The van der Waals surface area contributed by atoms with Gasteiger partial charge in [-0.25, -0.2) is 0 Å². The van der Waals surface area contributed by atoms with Crippen molar-refractivity contribution in [1.29, 1.82) is 0 Å². The van der Waals surface area contributed by atoms with Crippen LogP contribution in [0.2, 0.25) is 0 Å². The Hall–Kier alpha value is -0.705. The first kappa shape index (κ1) is 12.1. The molecule has 0 unspecified atom stereocenters. The van der Waals surface area contributed by atoms with Crippen LogP contribution in [0.15, 0.2) is 60.7 Å². The number of hydrogen-bond donors (Lipinski definition) is 0. The molecule has 2 heterocycles. The molecule has 0 aliphatic carbocycles. The van der Waals surface area contributed by atoms with Crippen molar-refractivity contribution in [3.05, 3.63) is 60.7 Å². The van der Waals surface area contributed by atoms with Crippen molar-refractivity contribution in [3.63, 3.8) is 0 Å². The Kier molecular flexibility index (Phi) is 3.18. The summed E-state index contributed by atoms with van der Waals surface area (Å²) in [5.74, 6) is 0. The van der Waals surface area contributed by atoms with Gasteiger partial charge in [-0.1, -0.05) is 0 Å². The van der Waals surface area contributed by atoms with E-state index < -0.39 is 24.6 Å². The first-order valence-corrected chi connectivity index (χ1v) is 13.5. The molecule has 2 aromatic carbocycles. The molecule has 0 amide bonds. The fourth-order valence-corrected chi connectivity index (χ4v) is 17.0. The van der Waals surface area contributed by atoms with E-state index >= 15 is 0 Å². The molecule has 0 spiro atoms. The third kappa shape index (κ3) is 2.37. The summed E-state index contributed by atoms with van der Waals surface area (Å²) in [5, 5.41) is 2.84. The molecule has 4 rings (SSSR count). The molecular formula is C16H10HgS2. The zero-order valence-electron chi connectivity index (χ0n) is 10.3. The van der Waals surface area contributed by atoms with Gasteiger partial charge >= 0.3 is 133 Å². The summed E-state index contributed by atoms with van der Waals surface area (Å²) in [6.07, 6.45) is 0. The van der Waals surface area contributed by atoms with Crippen molar-refractivity contribution in [3.8, 4) is 0 Å². The van der Waals surface area contributed by atoms with Gasteiger partial charge in [-0.05, 0) is 0 Å². The first-order valence-electron chi connectivity index (χ1n) is 6.33.